The molecule has 0 saturated heterocycles. The quantitative estimate of drug-likeness (QED) is 0.587. The Kier molecular flexibility index (Phi) is 3.19. The summed E-state index contributed by atoms with van der Waals surface area (Å²) in [6.07, 6.45) is 0. The van der Waals surface area contributed by atoms with Crippen LogP contribution in [0.25, 0.3) is 0 Å². The van der Waals surface area contributed by atoms with Crippen LogP contribution in [0, 0.1) is 24.4 Å². The lowest BCUT2D eigenvalue weighted by Crippen LogP contribution is -2.06. The van der Waals surface area contributed by atoms with Gasteiger partial charge in [0.2, 0.25) is 0 Å². The Morgan fingerprint density at radius 1 is 1.00 bits per heavy atom. The summed E-state index contributed by atoms with van der Waals surface area (Å²) in [5, 5.41) is 0. The van der Waals surface area contributed by atoms with Gasteiger partial charge in [0.05, 0.1) is 0 Å². The second-order valence-electron chi connectivity index (χ2n) is 3.90. The van der Waals surface area contributed by atoms with Crippen LogP contribution in [0.15, 0.2) is 36.4 Å². The van der Waals surface area contributed by atoms with Crippen LogP contribution in [0.4, 0.5) is 13.2 Å². The molecule has 2 aromatic rings. The lowest BCUT2D eigenvalue weighted by Gasteiger charge is -2.05. The first-order valence-corrected chi connectivity index (χ1v) is 5.25. The van der Waals surface area contributed by atoms with E-state index < -0.39 is 23.2 Å². The summed E-state index contributed by atoms with van der Waals surface area (Å²) in [6, 6.07) is 8.06. The summed E-state index contributed by atoms with van der Waals surface area (Å²) >= 11 is 0. The van der Waals surface area contributed by atoms with Crippen molar-refractivity contribution in [2.24, 2.45) is 0 Å². The van der Waals surface area contributed by atoms with Crippen molar-refractivity contribution in [1.82, 2.24) is 0 Å². The molecule has 0 fully saturated rings. The van der Waals surface area contributed by atoms with E-state index in [9.17, 15) is 18.0 Å². The van der Waals surface area contributed by atoms with Gasteiger partial charge in [0, 0.05) is 11.1 Å². The topological polar surface area (TPSA) is 17.1 Å². The van der Waals surface area contributed by atoms with E-state index in [1.54, 1.807) is 31.2 Å². The number of benzene rings is 2. The number of halogens is 3. The molecule has 0 N–H and O–H groups in total. The predicted molar refractivity (Wildman–Crippen MR) is 60.9 cm³/mol. The highest BCUT2D eigenvalue weighted by Crippen LogP contribution is 2.18. The van der Waals surface area contributed by atoms with Gasteiger partial charge in [0.25, 0.3) is 0 Å². The van der Waals surface area contributed by atoms with Crippen molar-refractivity contribution in [1.29, 1.82) is 0 Å². The third-order valence-electron chi connectivity index (χ3n) is 2.64. The van der Waals surface area contributed by atoms with E-state index in [1.165, 1.54) is 0 Å². The van der Waals surface area contributed by atoms with Crippen LogP contribution in [0.3, 0.4) is 0 Å². The minimum absolute atomic E-state index is 0.208. The minimum Gasteiger partial charge on any atom is -0.289 e. The first-order chi connectivity index (χ1) is 8.50. The van der Waals surface area contributed by atoms with Crippen molar-refractivity contribution >= 4 is 5.78 Å². The molecule has 0 unspecified atom stereocenters. The first kappa shape index (κ1) is 12.4. The molecule has 0 heterocycles. The maximum atomic E-state index is 13.0. The molecule has 92 valence electrons. The second kappa shape index (κ2) is 4.64. The molecule has 2 rings (SSSR count). The van der Waals surface area contributed by atoms with Crippen LogP contribution < -0.4 is 0 Å². The molecule has 0 aliphatic carbocycles. The van der Waals surface area contributed by atoms with Gasteiger partial charge in [-0.05, 0) is 24.6 Å². The molecule has 0 radical (unpaired) electrons. The van der Waals surface area contributed by atoms with Crippen molar-refractivity contribution in [3.8, 4) is 0 Å². The van der Waals surface area contributed by atoms with Crippen LogP contribution in [-0.2, 0) is 0 Å². The normalized spacial score (nSPS) is 10.4. The minimum atomic E-state index is -1.57. The van der Waals surface area contributed by atoms with Crippen LogP contribution >= 0.6 is 0 Å². The van der Waals surface area contributed by atoms with E-state index in [0.29, 0.717) is 23.3 Å². The van der Waals surface area contributed by atoms with Crippen LogP contribution in [0.2, 0.25) is 0 Å². The maximum Gasteiger partial charge on any atom is 0.194 e. The SMILES string of the molecule is Cc1ccccc1C(=O)c1cc(F)c(F)c(F)c1. The molecule has 1 nitrogen and oxygen atoms in total. The first-order valence-electron chi connectivity index (χ1n) is 5.25. The lowest BCUT2D eigenvalue weighted by atomic mass is 9.99. The smallest absolute Gasteiger partial charge is 0.194 e. The number of carbonyl (C=O) groups is 1. The largest absolute Gasteiger partial charge is 0.289 e. The fourth-order valence-electron chi connectivity index (χ4n) is 1.67. The van der Waals surface area contributed by atoms with Crippen molar-refractivity contribution < 1.29 is 18.0 Å². The summed E-state index contributed by atoms with van der Waals surface area (Å²) in [6.45, 7) is 1.71. The second-order valence-corrected chi connectivity index (χ2v) is 3.90. The Balaban J connectivity index is 2.51. The molecule has 0 aliphatic rings. The van der Waals surface area contributed by atoms with E-state index >= 15 is 0 Å². The number of ketones is 1. The van der Waals surface area contributed by atoms with Crippen molar-refractivity contribution in [3.05, 3.63) is 70.5 Å². The monoisotopic (exact) mass is 250 g/mol. The van der Waals surface area contributed by atoms with Crippen LogP contribution in [0.1, 0.15) is 21.5 Å². The van der Waals surface area contributed by atoms with E-state index in [-0.39, 0.29) is 5.56 Å². The van der Waals surface area contributed by atoms with Gasteiger partial charge in [-0.1, -0.05) is 24.3 Å². The molecule has 0 saturated carbocycles. The molecule has 0 atom stereocenters. The van der Waals surface area contributed by atoms with E-state index in [0.717, 1.165) is 0 Å². The average molecular weight is 250 g/mol. The summed E-state index contributed by atoms with van der Waals surface area (Å²) in [5.41, 5.74) is 0.816. The van der Waals surface area contributed by atoms with Crippen molar-refractivity contribution in [2.45, 2.75) is 6.92 Å². The highest BCUT2D eigenvalue weighted by molar-refractivity contribution is 6.09. The van der Waals surface area contributed by atoms with E-state index in [1.807, 2.05) is 0 Å². The molecular formula is C14H9F3O. The Bertz CT molecular complexity index is 597. The van der Waals surface area contributed by atoms with Gasteiger partial charge >= 0.3 is 0 Å². The molecule has 0 aliphatic heterocycles. The lowest BCUT2D eigenvalue weighted by molar-refractivity contribution is 0.103. The standard InChI is InChI=1S/C14H9F3O/c1-8-4-2-3-5-10(8)14(18)9-6-11(15)13(17)12(16)7-9/h2-7H,1H3. The zero-order chi connectivity index (χ0) is 13.3. The molecule has 0 amide bonds. The number of hydrogen-bond donors (Lipinski definition) is 0. The molecule has 4 heteroatoms. The summed E-state index contributed by atoms with van der Waals surface area (Å²) in [4.78, 5) is 12.0. The number of rotatable bonds is 2. The molecule has 0 spiro atoms. The number of aryl methyl sites for hydroxylation is 1. The Labute approximate surface area is 102 Å². The van der Waals surface area contributed by atoms with Gasteiger partial charge < -0.3 is 0 Å². The highest BCUT2D eigenvalue weighted by Gasteiger charge is 2.17. The maximum absolute atomic E-state index is 13.0. The predicted octanol–water partition coefficient (Wildman–Crippen LogP) is 3.64. The highest BCUT2D eigenvalue weighted by atomic mass is 19.2. The molecule has 2 aromatic carbocycles. The Hall–Kier alpha value is -2.10. The van der Waals surface area contributed by atoms with Crippen molar-refractivity contribution in [2.75, 3.05) is 0 Å². The Morgan fingerprint density at radius 2 is 1.56 bits per heavy atom. The van der Waals surface area contributed by atoms with Gasteiger partial charge in [-0.25, -0.2) is 13.2 Å². The van der Waals surface area contributed by atoms with Crippen molar-refractivity contribution in [3.63, 3.8) is 0 Å². The summed E-state index contributed by atoms with van der Waals surface area (Å²) < 4.78 is 38.9. The molecular weight excluding hydrogens is 241 g/mol. The molecule has 0 bridgehead atoms. The molecule has 0 aromatic heterocycles. The zero-order valence-electron chi connectivity index (χ0n) is 9.51. The summed E-state index contributed by atoms with van der Waals surface area (Å²) in [7, 11) is 0. The zero-order valence-corrected chi connectivity index (χ0v) is 9.51. The van der Waals surface area contributed by atoms with Gasteiger partial charge in [-0.15, -0.1) is 0 Å². The average Bonchev–Trinajstić information content (AvgIpc) is 2.35. The van der Waals surface area contributed by atoms with E-state index in [2.05, 4.69) is 0 Å². The molecule has 18 heavy (non-hydrogen) atoms. The van der Waals surface area contributed by atoms with Gasteiger partial charge in [-0.2, -0.15) is 0 Å². The van der Waals surface area contributed by atoms with E-state index in [4.69, 9.17) is 0 Å². The van der Waals surface area contributed by atoms with Gasteiger partial charge in [0.1, 0.15) is 0 Å². The number of carbonyl (C=O) groups excluding carboxylic acids is 1. The van der Waals surface area contributed by atoms with Gasteiger partial charge in [0.15, 0.2) is 23.2 Å². The fourth-order valence-corrected chi connectivity index (χ4v) is 1.67. The Morgan fingerprint density at radius 3 is 2.11 bits per heavy atom. The third-order valence-corrected chi connectivity index (χ3v) is 2.64. The third kappa shape index (κ3) is 2.14. The van der Waals surface area contributed by atoms with Gasteiger partial charge in [-0.3, -0.25) is 4.79 Å². The van der Waals surface area contributed by atoms with Crippen LogP contribution in [0.5, 0.6) is 0 Å². The van der Waals surface area contributed by atoms with Crippen LogP contribution in [-0.4, -0.2) is 5.78 Å². The fraction of sp³-hybridized carbons (Fsp3) is 0.0714. The number of hydrogen-bond acceptors (Lipinski definition) is 1. The summed E-state index contributed by atoms with van der Waals surface area (Å²) in [5.74, 6) is -4.85.